The number of rotatable bonds is 4. The number of carbonyl (C=O) groups excluding carboxylic acids is 1. The van der Waals surface area contributed by atoms with Crippen molar-refractivity contribution >= 4 is 33.7 Å². The first-order valence-corrected chi connectivity index (χ1v) is 6.95. The molecule has 1 aromatic carbocycles. The number of aldehydes is 1. The van der Waals surface area contributed by atoms with E-state index in [9.17, 15) is 9.90 Å². The molecular formula is C13H14N2O4S. The molecule has 2 aromatic rings. The van der Waals surface area contributed by atoms with Gasteiger partial charge in [0.05, 0.1) is 17.9 Å². The third-order valence-electron chi connectivity index (χ3n) is 3.22. The smallest absolute Gasteiger partial charge is 0.188 e. The monoisotopic (exact) mass is 294 g/mol. The number of methoxy groups -OCH3 is 1. The molecule has 1 unspecified atom stereocenters. The number of nitrogens with zero attached hydrogens (tertiary/aromatic N) is 2. The van der Waals surface area contributed by atoms with Crippen molar-refractivity contribution in [2.75, 3.05) is 25.2 Å². The van der Waals surface area contributed by atoms with Gasteiger partial charge in [-0.1, -0.05) is 0 Å². The number of aromatic hydroxyl groups is 1. The summed E-state index contributed by atoms with van der Waals surface area (Å²) in [7, 11) is 1.60. The van der Waals surface area contributed by atoms with E-state index in [1.807, 2.05) is 4.90 Å². The SMILES string of the molecule is COC[C@@H]1CN(c2nsc3cc(O)ccc23)C(C=O)O1. The molecular weight excluding hydrogens is 280 g/mol. The van der Waals surface area contributed by atoms with Gasteiger partial charge in [0, 0.05) is 12.5 Å². The molecule has 2 atom stereocenters. The van der Waals surface area contributed by atoms with E-state index in [2.05, 4.69) is 4.37 Å². The Hall–Kier alpha value is -1.70. The highest BCUT2D eigenvalue weighted by atomic mass is 32.1. The van der Waals surface area contributed by atoms with Crippen LogP contribution in [0.25, 0.3) is 10.1 Å². The highest BCUT2D eigenvalue weighted by Gasteiger charge is 2.34. The maximum absolute atomic E-state index is 11.2. The van der Waals surface area contributed by atoms with Crippen molar-refractivity contribution in [3.63, 3.8) is 0 Å². The van der Waals surface area contributed by atoms with E-state index in [1.165, 1.54) is 11.5 Å². The van der Waals surface area contributed by atoms with Crippen molar-refractivity contribution in [2.45, 2.75) is 12.3 Å². The van der Waals surface area contributed by atoms with Gasteiger partial charge < -0.3 is 19.5 Å². The van der Waals surface area contributed by atoms with E-state index in [1.54, 1.807) is 25.3 Å². The average molecular weight is 294 g/mol. The third-order valence-corrected chi connectivity index (χ3v) is 4.02. The number of hydrogen-bond donors (Lipinski definition) is 1. The van der Waals surface area contributed by atoms with Crippen molar-refractivity contribution in [1.29, 1.82) is 0 Å². The third kappa shape index (κ3) is 2.24. The lowest BCUT2D eigenvalue weighted by atomic mass is 10.2. The van der Waals surface area contributed by atoms with Crippen LogP contribution in [-0.4, -0.2) is 48.4 Å². The van der Waals surface area contributed by atoms with E-state index < -0.39 is 6.23 Å². The fourth-order valence-electron chi connectivity index (χ4n) is 2.35. The molecule has 0 saturated carbocycles. The maximum atomic E-state index is 11.2. The zero-order chi connectivity index (χ0) is 14.1. The first-order chi connectivity index (χ1) is 9.72. The summed E-state index contributed by atoms with van der Waals surface area (Å²) in [6.45, 7) is 0.987. The molecule has 3 rings (SSSR count). The van der Waals surface area contributed by atoms with Crippen LogP contribution in [0.15, 0.2) is 18.2 Å². The highest BCUT2D eigenvalue weighted by molar-refractivity contribution is 7.13. The van der Waals surface area contributed by atoms with Gasteiger partial charge in [0.15, 0.2) is 18.3 Å². The lowest BCUT2D eigenvalue weighted by Gasteiger charge is -2.18. The fraction of sp³-hybridized carbons (Fsp3) is 0.385. The molecule has 0 radical (unpaired) electrons. The standard InChI is InChI=1S/C13H14N2O4S/c1-18-7-9-5-15(12(6-16)19-9)13-10-3-2-8(17)4-11(10)20-14-13/h2-4,6,9,12,17H,5,7H2,1H3/t9-,12?/m0/s1. The van der Waals surface area contributed by atoms with Gasteiger partial charge in [0.2, 0.25) is 0 Å². The highest BCUT2D eigenvalue weighted by Crippen LogP contribution is 2.34. The maximum Gasteiger partial charge on any atom is 0.188 e. The van der Waals surface area contributed by atoms with Crippen LogP contribution in [0.4, 0.5) is 5.82 Å². The second kappa shape index (κ2) is 5.35. The first kappa shape index (κ1) is 13.3. The molecule has 1 saturated heterocycles. The van der Waals surface area contributed by atoms with Crippen LogP contribution in [0.2, 0.25) is 0 Å². The Labute approximate surface area is 119 Å². The summed E-state index contributed by atoms with van der Waals surface area (Å²) in [4.78, 5) is 13.0. The summed E-state index contributed by atoms with van der Waals surface area (Å²) >= 11 is 1.29. The lowest BCUT2D eigenvalue weighted by Crippen LogP contribution is -2.31. The average Bonchev–Trinajstić information content (AvgIpc) is 3.01. The van der Waals surface area contributed by atoms with Crippen molar-refractivity contribution in [2.24, 2.45) is 0 Å². The number of aromatic nitrogens is 1. The van der Waals surface area contributed by atoms with Gasteiger partial charge in [0.1, 0.15) is 11.9 Å². The van der Waals surface area contributed by atoms with Crippen LogP contribution in [-0.2, 0) is 14.3 Å². The molecule has 7 heteroatoms. The molecule has 0 aliphatic carbocycles. The predicted molar refractivity (Wildman–Crippen MR) is 75.2 cm³/mol. The van der Waals surface area contributed by atoms with Gasteiger partial charge in [-0.2, -0.15) is 4.37 Å². The number of phenols is 1. The predicted octanol–water partition coefficient (Wildman–Crippen LogP) is 1.38. The van der Waals surface area contributed by atoms with Gasteiger partial charge in [-0.15, -0.1) is 0 Å². The van der Waals surface area contributed by atoms with Gasteiger partial charge in [-0.25, -0.2) is 0 Å². The molecule has 6 nitrogen and oxygen atoms in total. The zero-order valence-electron chi connectivity index (χ0n) is 10.9. The Morgan fingerprint density at radius 3 is 3.25 bits per heavy atom. The van der Waals surface area contributed by atoms with Crippen molar-refractivity contribution in [1.82, 2.24) is 4.37 Å². The number of anilines is 1. The summed E-state index contributed by atoms with van der Waals surface area (Å²) < 4.78 is 15.9. The second-order valence-electron chi connectivity index (χ2n) is 4.58. The summed E-state index contributed by atoms with van der Waals surface area (Å²) in [5, 5.41) is 10.4. The van der Waals surface area contributed by atoms with E-state index in [-0.39, 0.29) is 11.9 Å². The Morgan fingerprint density at radius 1 is 1.65 bits per heavy atom. The quantitative estimate of drug-likeness (QED) is 0.859. The Kier molecular flexibility index (Phi) is 3.56. The Morgan fingerprint density at radius 2 is 2.50 bits per heavy atom. The normalized spacial score (nSPS) is 22.6. The van der Waals surface area contributed by atoms with E-state index in [0.29, 0.717) is 19.0 Å². The van der Waals surface area contributed by atoms with E-state index >= 15 is 0 Å². The van der Waals surface area contributed by atoms with Crippen molar-refractivity contribution in [3.05, 3.63) is 18.2 Å². The van der Waals surface area contributed by atoms with Gasteiger partial charge >= 0.3 is 0 Å². The minimum absolute atomic E-state index is 0.149. The van der Waals surface area contributed by atoms with Gasteiger partial charge in [-0.3, -0.25) is 4.79 Å². The first-order valence-electron chi connectivity index (χ1n) is 6.17. The number of benzene rings is 1. The van der Waals surface area contributed by atoms with Gasteiger partial charge in [-0.05, 0) is 29.7 Å². The molecule has 0 spiro atoms. The minimum atomic E-state index is -0.644. The molecule has 2 heterocycles. The largest absolute Gasteiger partial charge is 0.508 e. The minimum Gasteiger partial charge on any atom is -0.508 e. The molecule has 1 aliphatic rings. The summed E-state index contributed by atoms with van der Waals surface area (Å²) in [5.41, 5.74) is 0. The zero-order valence-corrected chi connectivity index (χ0v) is 11.7. The topological polar surface area (TPSA) is 71.9 Å². The molecule has 1 aromatic heterocycles. The van der Waals surface area contributed by atoms with Crippen LogP contribution in [0.1, 0.15) is 0 Å². The van der Waals surface area contributed by atoms with Crippen LogP contribution in [0, 0.1) is 0 Å². The molecule has 20 heavy (non-hydrogen) atoms. The van der Waals surface area contributed by atoms with Crippen LogP contribution >= 0.6 is 11.5 Å². The summed E-state index contributed by atoms with van der Waals surface area (Å²) in [6.07, 6.45) is -0.0281. The number of hydrogen-bond acceptors (Lipinski definition) is 7. The summed E-state index contributed by atoms with van der Waals surface area (Å²) in [6, 6.07) is 5.07. The lowest BCUT2D eigenvalue weighted by molar-refractivity contribution is -0.118. The molecule has 1 aliphatic heterocycles. The van der Waals surface area contributed by atoms with E-state index in [0.717, 1.165) is 16.4 Å². The number of phenolic OH excluding ortho intramolecular Hbond substituents is 1. The number of ether oxygens (including phenoxy) is 2. The molecule has 1 N–H and O–H groups in total. The number of fused-ring (bicyclic) bond motifs is 1. The molecule has 0 amide bonds. The van der Waals surface area contributed by atoms with E-state index in [4.69, 9.17) is 9.47 Å². The van der Waals surface area contributed by atoms with Crippen LogP contribution in [0.5, 0.6) is 5.75 Å². The Balaban J connectivity index is 1.95. The van der Waals surface area contributed by atoms with Crippen molar-refractivity contribution in [3.8, 4) is 5.75 Å². The van der Waals surface area contributed by atoms with Crippen molar-refractivity contribution < 1.29 is 19.4 Å². The second-order valence-corrected chi connectivity index (χ2v) is 5.38. The number of carbonyl (C=O) groups is 1. The van der Waals surface area contributed by atoms with Crippen LogP contribution in [0.3, 0.4) is 0 Å². The molecule has 1 fully saturated rings. The Bertz CT molecular complexity index is 630. The summed E-state index contributed by atoms with van der Waals surface area (Å²) in [5.74, 6) is 0.912. The molecule has 106 valence electrons. The van der Waals surface area contributed by atoms with Gasteiger partial charge in [0.25, 0.3) is 0 Å². The van der Waals surface area contributed by atoms with Crippen LogP contribution < -0.4 is 4.90 Å². The molecule has 0 bridgehead atoms. The fourth-order valence-corrected chi connectivity index (χ4v) is 3.17.